The van der Waals surface area contributed by atoms with Crippen LogP contribution in [-0.4, -0.2) is 57.2 Å². The first kappa shape index (κ1) is 29.3. The highest BCUT2D eigenvalue weighted by molar-refractivity contribution is 5.90. The van der Waals surface area contributed by atoms with E-state index in [0.29, 0.717) is 39.3 Å². The molecule has 2 aromatic heterocycles. The lowest BCUT2D eigenvalue weighted by Gasteiger charge is -2.42. The van der Waals surface area contributed by atoms with E-state index in [1.54, 1.807) is 12.1 Å². The summed E-state index contributed by atoms with van der Waals surface area (Å²) in [5.41, 5.74) is 5.88. The quantitative estimate of drug-likeness (QED) is 0.334. The molecule has 0 radical (unpaired) electrons. The summed E-state index contributed by atoms with van der Waals surface area (Å²) in [5.74, 6) is 0.927. The highest BCUT2D eigenvalue weighted by Gasteiger charge is 2.37. The molecule has 2 aromatic carbocycles. The number of carbonyl (C=O) groups is 2. The molecule has 6 heterocycles. The number of carbonyl (C=O) groups excluding carboxylic acids is 2. The van der Waals surface area contributed by atoms with Crippen LogP contribution in [-0.2, 0) is 19.5 Å². The van der Waals surface area contributed by atoms with Crippen LogP contribution in [0.15, 0.2) is 94.5 Å². The molecule has 4 bridgehead atoms. The first-order valence-electron chi connectivity index (χ1n) is 16.6. The van der Waals surface area contributed by atoms with Gasteiger partial charge in [-0.05, 0) is 78.6 Å². The number of hydrogen-bond acceptors (Lipinski definition) is 4. The fourth-order valence-electron chi connectivity index (χ4n) is 8.18. The third-order valence-corrected chi connectivity index (χ3v) is 10.4. The average Bonchev–Trinajstić information content (AvgIpc) is 3.07. The molecule has 0 spiro atoms. The van der Waals surface area contributed by atoms with Gasteiger partial charge in [0.15, 0.2) is 0 Å². The number of likely N-dealkylation sites (tertiary alicyclic amines) is 2. The van der Waals surface area contributed by atoms with Crippen molar-refractivity contribution in [3.8, 4) is 0 Å². The topological polar surface area (TPSA) is 109 Å². The summed E-state index contributed by atoms with van der Waals surface area (Å²) in [5, 5.41) is 6.12. The minimum atomic E-state index is -0.107. The molecule has 4 amide bonds. The second-order valence-electron chi connectivity index (χ2n) is 13.6. The summed E-state index contributed by atoms with van der Waals surface area (Å²) in [6.45, 7) is 3.83. The lowest BCUT2D eigenvalue weighted by Crippen LogP contribution is -2.50. The van der Waals surface area contributed by atoms with E-state index in [-0.39, 0.29) is 46.9 Å². The van der Waals surface area contributed by atoms with Crippen molar-refractivity contribution in [2.75, 3.05) is 36.8 Å². The van der Waals surface area contributed by atoms with Crippen LogP contribution in [0.2, 0.25) is 0 Å². The second-order valence-corrected chi connectivity index (χ2v) is 13.6. The van der Waals surface area contributed by atoms with E-state index in [2.05, 4.69) is 10.6 Å². The van der Waals surface area contributed by atoms with Crippen LogP contribution >= 0.6 is 0 Å². The molecule has 10 heteroatoms. The smallest absolute Gasteiger partial charge is 0.321 e. The molecule has 240 valence electrons. The molecule has 4 aromatic rings. The summed E-state index contributed by atoms with van der Waals surface area (Å²) < 4.78 is 3.75. The van der Waals surface area contributed by atoms with Gasteiger partial charge in [-0.25, -0.2) is 9.59 Å². The molecule has 2 fully saturated rings. The number of aromatic nitrogens is 2. The maximum atomic E-state index is 13.2. The van der Waals surface area contributed by atoms with Crippen LogP contribution in [0.3, 0.4) is 0 Å². The van der Waals surface area contributed by atoms with Crippen molar-refractivity contribution in [2.24, 2.45) is 11.8 Å². The van der Waals surface area contributed by atoms with Crippen molar-refractivity contribution in [3.05, 3.63) is 128 Å². The fourth-order valence-corrected chi connectivity index (χ4v) is 8.18. The van der Waals surface area contributed by atoms with Crippen LogP contribution in [0.1, 0.15) is 47.2 Å². The van der Waals surface area contributed by atoms with E-state index in [4.69, 9.17) is 0 Å². The Labute approximate surface area is 272 Å². The zero-order valence-electron chi connectivity index (χ0n) is 26.2. The Morgan fingerprint density at radius 1 is 0.553 bits per heavy atom. The van der Waals surface area contributed by atoms with Crippen molar-refractivity contribution in [2.45, 2.75) is 44.2 Å². The van der Waals surface area contributed by atoms with Crippen molar-refractivity contribution in [1.29, 1.82) is 0 Å². The van der Waals surface area contributed by atoms with Gasteiger partial charge in [-0.1, -0.05) is 36.4 Å². The molecule has 0 unspecified atom stereocenters. The SMILES string of the molecule is O=C(Nc1ccc(Cc2ccc(NC(=O)N3C[C@@H]4C[C@H](C3)c3cccc(=O)n3C4)cc2)cc1)N1C[C@@H]2C[C@H](C1)c1cccc(=O)n1C2. The van der Waals surface area contributed by atoms with Gasteiger partial charge in [-0.2, -0.15) is 0 Å². The normalized spacial score (nSPS) is 22.6. The van der Waals surface area contributed by atoms with Gasteiger partial charge < -0.3 is 29.6 Å². The molecule has 0 saturated carbocycles. The Morgan fingerprint density at radius 3 is 1.40 bits per heavy atom. The second kappa shape index (κ2) is 11.9. The number of benzene rings is 2. The number of rotatable bonds is 4. The number of anilines is 2. The Bertz CT molecular complexity index is 1810. The van der Waals surface area contributed by atoms with Gasteiger partial charge in [-0.3, -0.25) is 9.59 Å². The maximum absolute atomic E-state index is 13.2. The van der Waals surface area contributed by atoms with Gasteiger partial charge in [0.1, 0.15) is 0 Å². The number of fused-ring (bicyclic) bond motifs is 8. The Kier molecular flexibility index (Phi) is 7.42. The Morgan fingerprint density at radius 2 is 0.979 bits per heavy atom. The molecule has 2 saturated heterocycles. The van der Waals surface area contributed by atoms with E-state index >= 15 is 0 Å². The molecule has 4 aliphatic rings. The van der Waals surface area contributed by atoms with Crippen LogP contribution in [0, 0.1) is 11.8 Å². The molecule has 10 nitrogen and oxygen atoms in total. The minimum Gasteiger partial charge on any atom is -0.324 e. The molecule has 4 atom stereocenters. The third kappa shape index (κ3) is 5.84. The number of hydrogen-bond donors (Lipinski definition) is 2. The molecule has 8 rings (SSSR count). The number of urea groups is 2. The van der Waals surface area contributed by atoms with E-state index in [0.717, 1.165) is 53.2 Å². The maximum Gasteiger partial charge on any atom is 0.321 e. The van der Waals surface area contributed by atoms with E-state index in [1.807, 2.05) is 91.7 Å². The highest BCUT2D eigenvalue weighted by Crippen LogP contribution is 2.36. The van der Waals surface area contributed by atoms with Gasteiger partial charge in [0.25, 0.3) is 11.1 Å². The van der Waals surface area contributed by atoms with Gasteiger partial charge in [0.2, 0.25) is 0 Å². The monoisotopic (exact) mass is 630 g/mol. The number of pyridine rings is 2. The number of nitrogens with zero attached hydrogens (tertiary/aromatic N) is 4. The summed E-state index contributed by atoms with van der Waals surface area (Å²) in [4.78, 5) is 54.7. The average molecular weight is 631 g/mol. The molecule has 0 aliphatic carbocycles. The predicted molar refractivity (Wildman–Crippen MR) is 180 cm³/mol. The summed E-state index contributed by atoms with van der Waals surface area (Å²) in [6, 6.07) is 26.5. The number of piperidine rings is 2. The van der Waals surface area contributed by atoms with Crippen LogP contribution in [0.4, 0.5) is 21.0 Å². The van der Waals surface area contributed by atoms with Crippen molar-refractivity contribution < 1.29 is 9.59 Å². The number of nitrogens with one attached hydrogen (secondary N) is 2. The molecule has 4 aliphatic heterocycles. The minimum absolute atomic E-state index is 0.0426. The zero-order valence-corrected chi connectivity index (χ0v) is 26.2. The highest BCUT2D eigenvalue weighted by atomic mass is 16.2. The van der Waals surface area contributed by atoms with Crippen molar-refractivity contribution >= 4 is 23.4 Å². The predicted octanol–water partition coefficient (Wildman–Crippen LogP) is 4.90. The van der Waals surface area contributed by atoms with Crippen molar-refractivity contribution in [1.82, 2.24) is 18.9 Å². The van der Waals surface area contributed by atoms with Gasteiger partial charge >= 0.3 is 12.1 Å². The molecule has 2 N–H and O–H groups in total. The lowest BCUT2D eigenvalue weighted by molar-refractivity contribution is 0.139. The van der Waals surface area contributed by atoms with Crippen LogP contribution in [0.25, 0.3) is 0 Å². The Hall–Kier alpha value is -5.12. The third-order valence-electron chi connectivity index (χ3n) is 10.4. The van der Waals surface area contributed by atoms with Crippen LogP contribution < -0.4 is 21.8 Å². The van der Waals surface area contributed by atoms with E-state index in [1.165, 1.54) is 0 Å². The first-order chi connectivity index (χ1) is 22.9. The van der Waals surface area contributed by atoms with Gasteiger partial charge in [0.05, 0.1) is 0 Å². The van der Waals surface area contributed by atoms with Crippen LogP contribution in [0.5, 0.6) is 0 Å². The summed E-state index contributed by atoms with van der Waals surface area (Å²) in [7, 11) is 0. The van der Waals surface area contributed by atoms with E-state index < -0.39 is 0 Å². The standard InChI is InChI=1S/C37H38N6O4/c44-34-5-1-3-32-28-16-26(20-42(32)34)18-40(22-28)36(46)38-30-11-7-24(8-12-30)15-25-9-13-31(14-10-25)39-37(47)41-19-27-17-29(23-41)33-4-2-6-35(45)43(33)21-27/h1-14,26-29H,15-23H2,(H,38,46)(H,39,47)/t26-,27-,28+,29+/m0/s1. The summed E-state index contributed by atoms with van der Waals surface area (Å²) in [6.07, 6.45) is 2.74. The van der Waals surface area contributed by atoms with E-state index in [9.17, 15) is 19.2 Å². The molecular weight excluding hydrogens is 592 g/mol. The number of amides is 4. The first-order valence-corrected chi connectivity index (χ1v) is 16.6. The Balaban J connectivity index is 0.843. The zero-order chi connectivity index (χ0) is 32.1. The summed E-state index contributed by atoms with van der Waals surface area (Å²) >= 11 is 0. The van der Waals surface area contributed by atoms with Gasteiger partial charge in [-0.15, -0.1) is 0 Å². The lowest BCUT2D eigenvalue weighted by atomic mass is 9.83. The fraction of sp³-hybridized carbons (Fsp3) is 0.351. The molecular formula is C37H38N6O4. The van der Waals surface area contributed by atoms with Gasteiger partial charge in [0, 0.05) is 86.0 Å². The molecule has 47 heavy (non-hydrogen) atoms. The largest absolute Gasteiger partial charge is 0.324 e. The van der Waals surface area contributed by atoms with Crippen molar-refractivity contribution in [3.63, 3.8) is 0 Å².